The Morgan fingerprint density at radius 2 is 1.88 bits per heavy atom. The van der Waals surface area contributed by atoms with Crippen molar-refractivity contribution in [1.82, 2.24) is 24.5 Å². The average Bonchev–Trinajstić information content (AvgIpc) is 3.36. The lowest BCUT2D eigenvalue weighted by molar-refractivity contribution is -0.132. The lowest BCUT2D eigenvalue weighted by atomic mass is 10.0. The zero-order valence-corrected chi connectivity index (χ0v) is 14.0. The maximum absolute atomic E-state index is 12.7. The van der Waals surface area contributed by atoms with Gasteiger partial charge < -0.3 is 4.90 Å². The minimum absolute atomic E-state index is 0.184. The number of rotatable bonds is 4. The van der Waals surface area contributed by atoms with Crippen LogP contribution in [0.3, 0.4) is 0 Å². The van der Waals surface area contributed by atoms with Crippen LogP contribution in [0.1, 0.15) is 24.4 Å². The number of likely N-dealkylation sites (tertiary alicyclic amines) is 1. The Hall–Kier alpha value is -2.89. The highest BCUT2D eigenvalue weighted by atomic mass is 16.2. The van der Waals surface area contributed by atoms with Gasteiger partial charge in [0.15, 0.2) is 0 Å². The van der Waals surface area contributed by atoms with Crippen LogP contribution in [0.15, 0.2) is 61.2 Å². The van der Waals surface area contributed by atoms with Crippen LogP contribution in [-0.2, 0) is 11.2 Å². The molecular formula is C19H21N5O. The zero-order chi connectivity index (χ0) is 17.1. The minimum Gasteiger partial charge on any atom is -0.340 e. The summed E-state index contributed by atoms with van der Waals surface area (Å²) in [6, 6.07) is 12.1. The van der Waals surface area contributed by atoms with Gasteiger partial charge in [-0.1, -0.05) is 12.1 Å². The van der Waals surface area contributed by atoms with Crippen molar-refractivity contribution in [2.75, 3.05) is 13.1 Å². The van der Waals surface area contributed by atoms with Gasteiger partial charge >= 0.3 is 0 Å². The van der Waals surface area contributed by atoms with Gasteiger partial charge in [0, 0.05) is 37.9 Å². The summed E-state index contributed by atoms with van der Waals surface area (Å²) in [7, 11) is 0. The fourth-order valence-electron chi connectivity index (χ4n) is 3.37. The molecule has 128 valence electrons. The summed E-state index contributed by atoms with van der Waals surface area (Å²) in [5, 5.41) is 8.54. The van der Waals surface area contributed by atoms with Crippen molar-refractivity contribution in [1.29, 1.82) is 0 Å². The molecule has 1 fully saturated rings. The maximum Gasteiger partial charge on any atom is 0.227 e. The molecule has 1 saturated heterocycles. The Labute approximate surface area is 146 Å². The maximum atomic E-state index is 12.7. The van der Waals surface area contributed by atoms with Crippen molar-refractivity contribution in [2.45, 2.75) is 25.3 Å². The van der Waals surface area contributed by atoms with Crippen LogP contribution >= 0.6 is 0 Å². The number of hydrogen-bond acceptors (Lipinski definition) is 3. The van der Waals surface area contributed by atoms with E-state index in [1.54, 1.807) is 12.4 Å². The van der Waals surface area contributed by atoms with Gasteiger partial charge in [-0.3, -0.25) is 9.48 Å². The van der Waals surface area contributed by atoms with Gasteiger partial charge in [0.1, 0.15) is 0 Å². The van der Waals surface area contributed by atoms with Gasteiger partial charge in [-0.05, 0) is 42.7 Å². The molecule has 2 aromatic heterocycles. The third kappa shape index (κ3) is 3.47. The first-order valence-corrected chi connectivity index (χ1v) is 8.65. The van der Waals surface area contributed by atoms with E-state index in [9.17, 15) is 4.79 Å². The number of carbonyl (C=O) groups is 1. The van der Waals surface area contributed by atoms with Crippen molar-refractivity contribution >= 4 is 5.91 Å². The molecule has 0 aliphatic carbocycles. The summed E-state index contributed by atoms with van der Waals surface area (Å²) < 4.78 is 3.78. The number of aromatic nitrogens is 4. The molecule has 1 aromatic carbocycles. The molecular weight excluding hydrogens is 314 g/mol. The van der Waals surface area contributed by atoms with Gasteiger partial charge in [-0.2, -0.15) is 10.2 Å². The molecule has 4 rings (SSSR count). The Kier molecular flexibility index (Phi) is 4.33. The first-order chi connectivity index (χ1) is 12.3. The lowest BCUT2D eigenvalue weighted by Crippen LogP contribution is -2.41. The van der Waals surface area contributed by atoms with Gasteiger partial charge in [0.05, 0.1) is 18.2 Å². The number of nitrogens with zero attached hydrogens (tertiary/aromatic N) is 5. The molecule has 1 aliphatic rings. The van der Waals surface area contributed by atoms with Crippen molar-refractivity contribution in [2.24, 2.45) is 0 Å². The molecule has 6 nitrogen and oxygen atoms in total. The SMILES string of the molecule is O=C(Cc1ccc(-n2cccn2)cc1)N1CCC[C@H](n2cccn2)C1. The molecule has 0 saturated carbocycles. The quantitative estimate of drug-likeness (QED) is 0.736. The molecule has 0 spiro atoms. The van der Waals surface area contributed by atoms with Crippen LogP contribution in [0.2, 0.25) is 0 Å². The van der Waals surface area contributed by atoms with E-state index in [0.717, 1.165) is 37.2 Å². The van der Waals surface area contributed by atoms with E-state index in [-0.39, 0.29) is 11.9 Å². The molecule has 1 amide bonds. The molecule has 6 heteroatoms. The predicted molar refractivity (Wildman–Crippen MR) is 94.3 cm³/mol. The normalized spacial score (nSPS) is 17.6. The third-order valence-corrected chi connectivity index (χ3v) is 4.71. The average molecular weight is 335 g/mol. The van der Waals surface area contributed by atoms with Crippen LogP contribution in [0, 0.1) is 0 Å². The molecule has 0 radical (unpaired) electrons. The zero-order valence-electron chi connectivity index (χ0n) is 14.0. The Balaban J connectivity index is 1.39. The summed E-state index contributed by atoms with van der Waals surface area (Å²) in [5.41, 5.74) is 2.03. The number of carbonyl (C=O) groups excluding carboxylic acids is 1. The summed E-state index contributed by atoms with van der Waals surface area (Å²) in [6.45, 7) is 1.58. The molecule has 3 heterocycles. The summed E-state index contributed by atoms with van der Waals surface area (Å²) >= 11 is 0. The lowest BCUT2D eigenvalue weighted by Gasteiger charge is -2.33. The van der Waals surface area contributed by atoms with E-state index in [4.69, 9.17) is 0 Å². The molecule has 1 aliphatic heterocycles. The minimum atomic E-state index is 0.184. The number of piperidine rings is 1. The summed E-state index contributed by atoms with van der Waals surface area (Å²) in [6.07, 6.45) is 9.96. The van der Waals surface area contributed by atoms with Crippen molar-refractivity contribution < 1.29 is 4.79 Å². The van der Waals surface area contributed by atoms with Crippen LogP contribution in [0.25, 0.3) is 5.69 Å². The molecule has 1 atom stereocenters. The van der Waals surface area contributed by atoms with E-state index in [2.05, 4.69) is 10.2 Å². The predicted octanol–water partition coefficient (Wildman–Crippen LogP) is 2.48. The van der Waals surface area contributed by atoms with E-state index in [1.807, 2.05) is 63.1 Å². The highest BCUT2D eigenvalue weighted by Crippen LogP contribution is 2.21. The van der Waals surface area contributed by atoms with Gasteiger partial charge in [-0.25, -0.2) is 4.68 Å². The first kappa shape index (κ1) is 15.6. The molecule has 0 N–H and O–H groups in total. The van der Waals surface area contributed by atoms with E-state index in [1.165, 1.54) is 0 Å². The number of amides is 1. The summed E-state index contributed by atoms with van der Waals surface area (Å²) in [5.74, 6) is 0.184. The fraction of sp³-hybridized carbons (Fsp3) is 0.316. The van der Waals surface area contributed by atoms with E-state index < -0.39 is 0 Å². The Bertz CT molecular complexity index is 808. The second-order valence-electron chi connectivity index (χ2n) is 6.42. The monoisotopic (exact) mass is 335 g/mol. The second kappa shape index (κ2) is 6.93. The van der Waals surface area contributed by atoms with Crippen molar-refractivity contribution in [3.05, 3.63) is 66.7 Å². The number of benzene rings is 1. The third-order valence-electron chi connectivity index (χ3n) is 4.71. The van der Waals surface area contributed by atoms with Gasteiger partial charge in [0.25, 0.3) is 0 Å². The largest absolute Gasteiger partial charge is 0.340 e. The molecule has 0 bridgehead atoms. The number of hydrogen-bond donors (Lipinski definition) is 0. The van der Waals surface area contributed by atoms with Crippen LogP contribution in [-0.4, -0.2) is 43.5 Å². The van der Waals surface area contributed by atoms with E-state index in [0.29, 0.717) is 6.42 Å². The smallest absolute Gasteiger partial charge is 0.227 e. The van der Waals surface area contributed by atoms with Crippen LogP contribution in [0.5, 0.6) is 0 Å². The van der Waals surface area contributed by atoms with Gasteiger partial charge in [-0.15, -0.1) is 0 Å². The summed E-state index contributed by atoms with van der Waals surface area (Å²) in [4.78, 5) is 14.6. The standard InChI is InChI=1S/C19H21N5O/c25-19(22-11-1-4-18(15-22)24-13-3-10-21-24)14-16-5-7-17(8-6-16)23-12-2-9-20-23/h2-3,5-10,12-13,18H,1,4,11,14-15H2/t18-/m0/s1. The molecule has 0 unspecified atom stereocenters. The molecule has 25 heavy (non-hydrogen) atoms. The Morgan fingerprint density at radius 1 is 1.08 bits per heavy atom. The van der Waals surface area contributed by atoms with Crippen LogP contribution in [0.4, 0.5) is 0 Å². The second-order valence-corrected chi connectivity index (χ2v) is 6.42. The van der Waals surface area contributed by atoms with Crippen LogP contribution < -0.4 is 0 Å². The van der Waals surface area contributed by atoms with Crippen molar-refractivity contribution in [3.63, 3.8) is 0 Å². The Morgan fingerprint density at radius 3 is 2.60 bits per heavy atom. The first-order valence-electron chi connectivity index (χ1n) is 8.65. The molecule has 3 aromatic rings. The topological polar surface area (TPSA) is 56.0 Å². The van der Waals surface area contributed by atoms with Crippen molar-refractivity contribution in [3.8, 4) is 5.69 Å². The van der Waals surface area contributed by atoms with Gasteiger partial charge in [0.2, 0.25) is 5.91 Å². The van der Waals surface area contributed by atoms with E-state index >= 15 is 0 Å². The fourth-order valence-corrected chi connectivity index (χ4v) is 3.37. The highest BCUT2D eigenvalue weighted by Gasteiger charge is 2.24. The highest BCUT2D eigenvalue weighted by molar-refractivity contribution is 5.79.